The van der Waals surface area contributed by atoms with Crippen LogP contribution in [0.2, 0.25) is 0 Å². The van der Waals surface area contributed by atoms with E-state index < -0.39 is 0 Å². The smallest absolute Gasteiger partial charge is 0.270 e. The molecule has 1 aliphatic rings. The van der Waals surface area contributed by atoms with Gasteiger partial charge < -0.3 is 19.9 Å². The number of halogens is 2. The minimum Gasteiger partial charge on any atom is -0.373 e. The number of aryl methyl sites for hydroxylation is 1. The maximum absolute atomic E-state index is 12.3. The highest BCUT2D eigenvalue weighted by molar-refractivity contribution is 9.10. The molecule has 18 heavy (non-hydrogen) atoms. The summed E-state index contributed by atoms with van der Waals surface area (Å²) in [5, 5.41) is 0. The molecule has 1 aromatic heterocycles. The lowest BCUT2D eigenvalue weighted by Gasteiger charge is -2.32. The lowest BCUT2D eigenvalue weighted by atomic mass is 10.2. The van der Waals surface area contributed by atoms with Gasteiger partial charge in [-0.25, -0.2) is 0 Å². The molecule has 0 spiro atoms. The number of hydrogen-bond acceptors (Lipinski definition) is 3. The summed E-state index contributed by atoms with van der Waals surface area (Å²) in [5.74, 6) is 0.0277. The van der Waals surface area contributed by atoms with Gasteiger partial charge in [0.25, 0.3) is 5.91 Å². The number of carbonyl (C=O) groups excluding carboxylic acids is 1. The summed E-state index contributed by atoms with van der Waals surface area (Å²) < 4.78 is 8.17. The van der Waals surface area contributed by atoms with Crippen molar-refractivity contribution in [2.45, 2.75) is 6.10 Å². The summed E-state index contributed by atoms with van der Waals surface area (Å²) >= 11 is 3.36. The van der Waals surface area contributed by atoms with Crippen molar-refractivity contribution >= 4 is 34.2 Å². The average molecular weight is 339 g/mol. The van der Waals surface area contributed by atoms with Crippen LogP contribution in [-0.2, 0) is 11.8 Å². The third kappa shape index (κ3) is 3.26. The number of nitrogens with zero attached hydrogens (tertiary/aromatic N) is 2. The Labute approximate surface area is 121 Å². The summed E-state index contributed by atoms with van der Waals surface area (Å²) in [6, 6.07) is 1.83. The van der Waals surface area contributed by atoms with Gasteiger partial charge in [0.2, 0.25) is 0 Å². The molecule has 1 atom stereocenters. The Morgan fingerprint density at radius 2 is 2.39 bits per heavy atom. The maximum atomic E-state index is 12.3. The topological polar surface area (TPSA) is 60.5 Å². The fraction of sp³-hybridized carbons (Fsp3) is 0.545. The van der Waals surface area contributed by atoms with Crippen LogP contribution < -0.4 is 5.73 Å². The van der Waals surface area contributed by atoms with Crippen LogP contribution in [0.4, 0.5) is 0 Å². The molecule has 5 nitrogen and oxygen atoms in total. The van der Waals surface area contributed by atoms with Gasteiger partial charge >= 0.3 is 0 Å². The first-order chi connectivity index (χ1) is 8.11. The SMILES string of the molecule is Cl.Cn1cc(Br)cc1C(=O)N1CCOC(CN)C1. The summed E-state index contributed by atoms with van der Waals surface area (Å²) in [7, 11) is 1.86. The highest BCUT2D eigenvalue weighted by atomic mass is 79.9. The Kier molecular flexibility index (Phi) is 5.65. The predicted octanol–water partition coefficient (Wildman–Crippen LogP) is 1.01. The van der Waals surface area contributed by atoms with Crippen molar-refractivity contribution in [1.29, 1.82) is 0 Å². The second-order valence-electron chi connectivity index (χ2n) is 4.13. The number of rotatable bonds is 2. The monoisotopic (exact) mass is 337 g/mol. The summed E-state index contributed by atoms with van der Waals surface area (Å²) in [4.78, 5) is 14.1. The molecule has 0 saturated carbocycles. The van der Waals surface area contributed by atoms with E-state index in [9.17, 15) is 4.79 Å². The predicted molar refractivity (Wildman–Crippen MR) is 75.1 cm³/mol. The number of hydrogen-bond donors (Lipinski definition) is 1. The van der Waals surface area contributed by atoms with Crippen molar-refractivity contribution in [3.8, 4) is 0 Å². The molecule has 0 bridgehead atoms. The molecule has 1 saturated heterocycles. The molecule has 2 rings (SSSR count). The van der Waals surface area contributed by atoms with Gasteiger partial charge in [0.15, 0.2) is 0 Å². The fourth-order valence-corrected chi connectivity index (χ4v) is 2.47. The van der Waals surface area contributed by atoms with Gasteiger partial charge in [-0.1, -0.05) is 0 Å². The molecular formula is C11H17BrClN3O2. The second-order valence-corrected chi connectivity index (χ2v) is 5.05. The molecular weight excluding hydrogens is 321 g/mol. The lowest BCUT2D eigenvalue weighted by Crippen LogP contribution is -2.48. The van der Waals surface area contributed by atoms with Crippen LogP contribution in [0.1, 0.15) is 10.5 Å². The molecule has 1 unspecified atom stereocenters. The van der Waals surface area contributed by atoms with E-state index in [0.29, 0.717) is 31.9 Å². The summed E-state index contributed by atoms with van der Waals surface area (Å²) in [6.45, 7) is 2.19. The second kappa shape index (κ2) is 6.56. The molecule has 1 aromatic rings. The number of amides is 1. The van der Waals surface area contributed by atoms with Gasteiger partial charge in [0, 0.05) is 37.4 Å². The van der Waals surface area contributed by atoms with Crippen molar-refractivity contribution in [3.05, 3.63) is 22.4 Å². The van der Waals surface area contributed by atoms with E-state index >= 15 is 0 Å². The van der Waals surface area contributed by atoms with Gasteiger partial charge in [-0.15, -0.1) is 12.4 Å². The normalized spacial score (nSPS) is 19.5. The third-order valence-electron chi connectivity index (χ3n) is 2.88. The van der Waals surface area contributed by atoms with Crippen LogP contribution in [-0.4, -0.2) is 47.7 Å². The van der Waals surface area contributed by atoms with Crippen LogP contribution >= 0.6 is 28.3 Å². The lowest BCUT2D eigenvalue weighted by molar-refractivity contribution is -0.0170. The Bertz CT molecular complexity index is 424. The quantitative estimate of drug-likeness (QED) is 0.875. The zero-order chi connectivity index (χ0) is 12.4. The molecule has 2 heterocycles. The minimum absolute atomic E-state index is 0. The Hall–Kier alpha value is -0.560. The van der Waals surface area contributed by atoms with Crippen LogP contribution in [0.15, 0.2) is 16.7 Å². The van der Waals surface area contributed by atoms with Gasteiger partial charge in [0.05, 0.1) is 12.7 Å². The van der Waals surface area contributed by atoms with Crippen molar-refractivity contribution in [2.75, 3.05) is 26.2 Å². The average Bonchev–Trinajstić information content (AvgIpc) is 2.67. The molecule has 0 radical (unpaired) electrons. The van der Waals surface area contributed by atoms with E-state index in [4.69, 9.17) is 10.5 Å². The first kappa shape index (κ1) is 15.5. The molecule has 1 fully saturated rings. The number of aromatic nitrogens is 1. The Balaban J connectivity index is 0.00000162. The van der Waals surface area contributed by atoms with Crippen LogP contribution in [0.25, 0.3) is 0 Å². The van der Waals surface area contributed by atoms with Crippen molar-refractivity contribution in [1.82, 2.24) is 9.47 Å². The molecule has 7 heteroatoms. The number of nitrogens with two attached hydrogens (primary N) is 1. The summed E-state index contributed by atoms with van der Waals surface area (Å²) in [5.41, 5.74) is 6.24. The Morgan fingerprint density at radius 1 is 1.67 bits per heavy atom. The molecule has 102 valence electrons. The highest BCUT2D eigenvalue weighted by Gasteiger charge is 2.25. The zero-order valence-electron chi connectivity index (χ0n) is 10.1. The first-order valence-corrected chi connectivity index (χ1v) is 6.34. The number of carbonyl (C=O) groups is 1. The zero-order valence-corrected chi connectivity index (χ0v) is 12.5. The van der Waals surface area contributed by atoms with Gasteiger partial charge in [0.1, 0.15) is 5.69 Å². The minimum atomic E-state index is -0.0450. The number of morpholine rings is 1. The standard InChI is InChI=1S/C11H16BrN3O2.ClH/c1-14-6-8(12)4-10(14)11(16)15-2-3-17-9(5-13)7-15;/h4,6,9H,2-3,5,7,13H2,1H3;1H. The van der Waals surface area contributed by atoms with E-state index in [1.165, 1.54) is 0 Å². The fourth-order valence-electron chi connectivity index (χ4n) is 1.95. The van der Waals surface area contributed by atoms with E-state index in [2.05, 4.69) is 15.9 Å². The first-order valence-electron chi connectivity index (χ1n) is 5.54. The highest BCUT2D eigenvalue weighted by Crippen LogP contribution is 2.16. The van der Waals surface area contributed by atoms with E-state index in [0.717, 1.165) is 4.47 Å². The van der Waals surface area contributed by atoms with E-state index in [1.807, 2.05) is 23.9 Å². The molecule has 2 N–H and O–H groups in total. The van der Waals surface area contributed by atoms with Gasteiger partial charge in [-0.3, -0.25) is 4.79 Å². The van der Waals surface area contributed by atoms with Crippen LogP contribution in [0.3, 0.4) is 0 Å². The third-order valence-corrected chi connectivity index (χ3v) is 3.31. The van der Waals surface area contributed by atoms with E-state index in [1.54, 1.807) is 4.90 Å². The van der Waals surface area contributed by atoms with Crippen molar-refractivity contribution in [3.63, 3.8) is 0 Å². The molecule has 1 aliphatic heterocycles. The van der Waals surface area contributed by atoms with Crippen molar-refractivity contribution in [2.24, 2.45) is 12.8 Å². The number of ether oxygens (including phenoxy) is 1. The summed E-state index contributed by atoms with van der Waals surface area (Å²) in [6.07, 6.45) is 1.82. The van der Waals surface area contributed by atoms with Crippen LogP contribution in [0, 0.1) is 0 Å². The molecule has 1 amide bonds. The van der Waals surface area contributed by atoms with Crippen LogP contribution in [0.5, 0.6) is 0 Å². The van der Waals surface area contributed by atoms with E-state index in [-0.39, 0.29) is 24.4 Å². The molecule has 0 aliphatic carbocycles. The van der Waals surface area contributed by atoms with Crippen molar-refractivity contribution < 1.29 is 9.53 Å². The largest absolute Gasteiger partial charge is 0.373 e. The Morgan fingerprint density at radius 3 is 2.94 bits per heavy atom. The van der Waals surface area contributed by atoms with Gasteiger partial charge in [-0.2, -0.15) is 0 Å². The molecule has 0 aromatic carbocycles. The van der Waals surface area contributed by atoms with Gasteiger partial charge in [-0.05, 0) is 22.0 Å². The maximum Gasteiger partial charge on any atom is 0.270 e.